The third-order valence-corrected chi connectivity index (χ3v) is 5.14. The van der Waals surface area contributed by atoms with Gasteiger partial charge in [0.15, 0.2) is 0 Å². The molecule has 0 bridgehead atoms. The van der Waals surface area contributed by atoms with E-state index in [0.717, 1.165) is 24.7 Å². The van der Waals surface area contributed by atoms with Crippen molar-refractivity contribution in [1.82, 2.24) is 15.5 Å². The first kappa shape index (κ1) is 18.5. The number of anilines is 2. The molecule has 2 saturated heterocycles. The molecule has 0 aromatic heterocycles. The fourth-order valence-corrected chi connectivity index (χ4v) is 3.64. The van der Waals surface area contributed by atoms with Gasteiger partial charge in [0, 0.05) is 43.6 Å². The van der Waals surface area contributed by atoms with Gasteiger partial charge >= 0.3 is 12.1 Å². The molecule has 3 N–H and O–H groups in total. The van der Waals surface area contributed by atoms with Crippen LogP contribution in [0.2, 0.25) is 0 Å². The molecule has 0 spiro atoms. The van der Waals surface area contributed by atoms with Gasteiger partial charge in [-0.15, -0.1) is 0 Å². The first-order valence-corrected chi connectivity index (χ1v) is 9.47. The third kappa shape index (κ3) is 4.66. The lowest BCUT2D eigenvalue weighted by atomic mass is 9.99. The van der Waals surface area contributed by atoms with Crippen LogP contribution >= 0.6 is 0 Å². The zero-order chi connectivity index (χ0) is 18.5. The summed E-state index contributed by atoms with van der Waals surface area (Å²) < 4.78 is 0. The monoisotopic (exact) mass is 359 g/mol. The van der Waals surface area contributed by atoms with E-state index >= 15 is 0 Å². The minimum atomic E-state index is -0.218. The van der Waals surface area contributed by atoms with Crippen molar-refractivity contribution < 1.29 is 9.59 Å². The Hall–Kier alpha value is -2.28. The smallest absolute Gasteiger partial charge is 0.321 e. The van der Waals surface area contributed by atoms with Crippen LogP contribution in [-0.4, -0.2) is 55.7 Å². The molecule has 3 rings (SSSR count). The number of piperidine rings is 1. The van der Waals surface area contributed by atoms with Gasteiger partial charge in [0.05, 0.1) is 0 Å². The van der Waals surface area contributed by atoms with Crippen LogP contribution in [-0.2, 0) is 0 Å². The number of nitrogens with zero attached hydrogens (tertiary/aromatic N) is 2. The van der Waals surface area contributed by atoms with Crippen LogP contribution in [0.4, 0.5) is 21.0 Å². The predicted octanol–water partition coefficient (Wildman–Crippen LogP) is 2.46. The van der Waals surface area contributed by atoms with Crippen molar-refractivity contribution in [3.63, 3.8) is 0 Å². The largest absolute Gasteiger partial charge is 0.336 e. The van der Waals surface area contributed by atoms with Gasteiger partial charge < -0.3 is 16.0 Å². The van der Waals surface area contributed by atoms with Crippen LogP contribution in [0.1, 0.15) is 26.7 Å². The number of hydrogen-bond acceptors (Lipinski definition) is 3. The molecule has 1 aromatic carbocycles. The molecule has 0 saturated carbocycles. The van der Waals surface area contributed by atoms with Gasteiger partial charge in [-0.1, -0.05) is 13.0 Å². The van der Waals surface area contributed by atoms with Crippen LogP contribution in [0.5, 0.6) is 0 Å². The van der Waals surface area contributed by atoms with E-state index in [1.54, 1.807) is 4.90 Å². The quantitative estimate of drug-likeness (QED) is 0.756. The predicted molar refractivity (Wildman–Crippen MR) is 104 cm³/mol. The van der Waals surface area contributed by atoms with E-state index in [-0.39, 0.29) is 12.1 Å². The molecular weight excluding hydrogens is 330 g/mol. The van der Waals surface area contributed by atoms with Crippen LogP contribution in [0, 0.1) is 5.92 Å². The van der Waals surface area contributed by atoms with Crippen LogP contribution < -0.4 is 20.9 Å². The number of hydrogen-bond donors (Lipinski definition) is 3. The van der Waals surface area contributed by atoms with Crippen LogP contribution in [0.3, 0.4) is 0 Å². The molecule has 0 unspecified atom stereocenters. The topological polar surface area (TPSA) is 76.7 Å². The molecular formula is C19H29N5O2. The zero-order valence-electron chi connectivity index (χ0n) is 15.6. The molecule has 4 amide bonds. The highest BCUT2D eigenvalue weighted by Crippen LogP contribution is 2.21. The first-order chi connectivity index (χ1) is 12.5. The summed E-state index contributed by atoms with van der Waals surface area (Å²) in [6.07, 6.45) is 2.52. The number of carbonyl (C=O) groups is 2. The molecule has 1 aromatic rings. The molecule has 2 atom stereocenters. The number of likely N-dealkylation sites (tertiary alicyclic amines) is 1. The Balaban J connectivity index is 1.49. The molecule has 7 heteroatoms. The van der Waals surface area contributed by atoms with E-state index in [1.807, 2.05) is 24.3 Å². The van der Waals surface area contributed by atoms with Gasteiger partial charge in [0.25, 0.3) is 0 Å². The van der Waals surface area contributed by atoms with Gasteiger partial charge in [-0.25, -0.2) is 9.59 Å². The lowest BCUT2D eigenvalue weighted by Gasteiger charge is -2.35. The summed E-state index contributed by atoms with van der Waals surface area (Å²) >= 11 is 0. The van der Waals surface area contributed by atoms with Crippen molar-refractivity contribution in [2.75, 3.05) is 42.9 Å². The van der Waals surface area contributed by atoms with Gasteiger partial charge in [-0.3, -0.25) is 9.80 Å². The number of nitrogens with one attached hydrogen (secondary N) is 3. The average molecular weight is 359 g/mol. The summed E-state index contributed by atoms with van der Waals surface area (Å²) in [5.41, 5.74) is 1.47. The molecule has 7 nitrogen and oxygen atoms in total. The fraction of sp³-hybridized carbons (Fsp3) is 0.579. The number of rotatable bonds is 5. The molecule has 2 aliphatic heterocycles. The zero-order valence-corrected chi connectivity index (χ0v) is 15.6. The second-order valence-corrected chi connectivity index (χ2v) is 7.36. The molecule has 2 fully saturated rings. The second kappa shape index (κ2) is 8.40. The lowest BCUT2D eigenvalue weighted by Crippen LogP contribution is -2.47. The Morgan fingerprint density at radius 3 is 2.96 bits per heavy atom. The van der Waals surface area contributed by atoms with E-state index in [2.05, 4.69) is 34.7 Å². The fourth-order valence-electron chi connectivity index (χ4n) is 3.64. The Morgan fingerprint density at radius 1 is 1.38 bits per heavy atom. The van der Waals surface area contributed by atoms with E-state index in [9.17, 15) is 9.59 Å². The van der Waals surface area contributed by atoms with Crippen LogP contribution in [0.25, 0.3) is 0 Å². The first-order valence-electron chi connectivity index (χ1n) is 9.47. The number of carbonyl (C=O) groups excluding carboxylic acids is 2. The van der Waals surface area contributed by atoms with Gasteiger partial charge in [0.1, 0.15) is 0 Å². The van der Waals surface area contributed by atoms with Crippen molar-refractivity contribution in [3.05, 3.63) is 24.3 Å². The summed E-state index contributed by atoms with van der Waals surface area (Å²) in [6.45, 7) is 8.55. The summed E-state index contributed by atoms with van der Waals surface area (Å²) in [7, 11) is 0. The van der Waals surface area contributed by atoms with Crippen molar-refractivity contribution in [3.8, 4) is 0 Å². The highest BCUT2D eigenvalue weighted by Gasteiger charge is 2.22. The van der Waals surface area contributed by atoms with Gasteiger partial charge in [0.2, 0.25) is 0 Å². The summed E-state index contributed by atoms with van der Waals surface area (Å²) in [6, 6.07) is 7.36. The molecule has 2 aliphatic rings. The molecule has 0 radical (unpaired) electrons. The lowest BCUT2D eigenvalue weighted by molar-refractivity contribution is 0.138. The van der Waals surface area contributed by atoms with Crippen molar-refractivity contribution >= 4 is 23.4 Å². The highest BCUT2D eigenvalue weighted by atomic mass is 16.2. The third-order valence-electron chi connectivity index (χ3n) is 5.14. The van der Waals surface area contributed by atoms with E-state index in [0.29, 0.717) is 31.4 Å². The minimum Gasteiger partial charge on any atom is -0.336 e. The maximum Gasteiger partial charge on any atom is 0.321 e. The summed E-state index contributed by atoms with van der Waals surface area (Å²) in [4.78, 5) is 28.1. The van der Waals surface area contributed by atoms with Crippen molar-refractivity contribution in [1.29, 1.82) is 0 Å². The Bertz CT molecular complexity index is 651. The Kier molecular flexibility index (Phi) is 5.98. The van der Waals surface area contributed by atoms with E-state index in [1.165, 1.54) is 12.8 Å². The van der Waals surface area contributed by atoms with E-state index < -0.39 is 0 Å². The molecule has 142 valence electrons. The van der Waals surface area contributed by atoms with E-state index in [4.69, 9.17) is 0 Å². The van der Waals surface area contributed by atoms with Crippen molar-refractivity contribution in [2.45, 2.75) is 32.7 Å². The Morgan fingerprint density at radius 2 is 2.23 bits per heavy atom. The standard InChI is InChI=1S/C19H29N5O2/c1-14-5-4-9-23(13-14)15(2)12-21-18(25)22-16-6-3-7-17(11-16)24-10-8-20-19(24)26/h3,6-7,11,14-15H,4-5,8-10,12-13H2,1-2H3,(H,20,26)(H2,21,22,25)/t14-,15+/m1/s1. The van der Waals surface area contributed by atoms with Gasteiger partial charge in [-0.2, -0.15) is 0 Å². The van der Waals surface area contributed by atoms with Gasteiger partial charge in [-0.05, 0) is 50.4 Å². The molecule has 2 heterocycles. The highest BCUT2D eigenvalue weighted by molar-refractivity contribution is 5.95. The van der Waals surface area contributed by atoms with Crippen molar-refractivity contribution in [2.24, 2.45) is 5.92 Å². The average Bonchev–Trinajstić information content (AvgIpc) is 3.06. The number of amides is 4. The number of benzene rings is 1. The summed E-state index contributed by atoms with van der Waals surface area (Å²) in [5.74, 6) is 0.727. The van der Waals surface area contributed by atoms with Crippen LogP contribution in [0.15, 0.2) is 24.3 Å². The Labute approximate surface area is 155 Å². The number of urea groups is 2. The normalized spacial score (nSPS) is 22.0. The molecule has 26 heavy (non-hydrogen) atoms. The SMILES string of the molecule is C[C@@H]1CCCN([C@@H](C)CNC(=O)Nc2cccc(N3CCNC3=O)c2)C1. The maximum absolute atomic E-state index is 12.2. The molecule has 0 aliphatic carbocycles. The minimum absolute atomic E-state index is 0.101. The second-order valence-electron chi connectivity index (χ2n) is 7.36. The summed E-state index contributed by atoms with van der Waals surface area (Å²) in [5, 5.41) is 8.59. The maximum atomic E-state index is 12.2.